The van der Waals surface area contributed by atoms with Crippen molar-refractivity contribution in [1.29, 1.82) is 0 Å². The molecular formula is C12H15NO7S. The maximum absolute atomic E-state index is 12.0. The molecular weight excluding hydrogens is 302 g/mol. The van der Waals surface area contributed by atoms with Crippen LogP contribution in [-0.4, -0.2) is 48.4 Å². The number of aliphatic carboxylic acids is 1. The first-order valence-corrected chi connectivity index (χ1v) is 7.56. The van der Waals surface area contributed by atoms with E-state index in [1.807, 2.05) is 5.32 Å². The van der Waals surface area contributed by atoms with Gasteiger partial charge in [-0.1, -0.05) is 12.1 Å². The molecule has 0 spiro atoms. The molecule has 0 heterocycles. The maximum atomic E-state index is 12.0. The van der Waals surface area contributed by atoms with Crippen molar-refractivity contribution in [1.82, 2.24) is 5.32 Å². The molecule has 1 rings (SSSR count). The van der Waals surface area contributed by atoms with Gasteiger partial charge in [0.2, 0.25) is 0 Å². The first-order chi connectivity index (χ1) is 9.74. The highest BCUT2D eigenvalue weighted by molar-refractivity contribution is 7.85. The number of para-hydroxylation sites is 1. The minimum Gasteiger partial charge on any atom is -0.493 e. The zero-order chi connectivity index (χ0) is 16.0. The Hall–Kier alpha value is -2.13. The Morgan fingerprint density at radius 2 is 1.95 bits per heavy atom. The molecule has 0 aliphatic carbocycles. The van der Waals surface area contributed by atoms with Gasteiger partial charge in [0.05, 0.1) is 12.2 Å². The molecule has 0 radical (unpaired) electrons. The number of nitrogens with one attached hydrogen (secondary N) is 1. The fourth-order valence-corrected chi connectivity index (χ4v) is 2.20. The second-order valence-electron chi connectivity index (χ2n) is 4.04. The third kappa shape index (κ3) is 5.40. The van der Waals surface area contributed by atoms with Crippen molar-refractivity contribution in [3.8, 4) is 5.75 Å². The molecule has 0 fully saturated rings. The molecule has 0 saturated heterocycles. The molecule has 0 aromatic heterocycles. The smallest absolute Gasteiger partial charge is 0.327 e. The van der Waals surface area contributed by atoms with Gasteiger partial charge >= 0.3 is 5.97 Å². The lowest BCUT2D eigenvalue weighted by atomic mass is 10.1. The van der Waals surface area contributed by atoms with Crippen molar-refractivity contribution in [2.45, 2.75) is 13.0 Å². The molecule has 1 aromatic carbocycles. The molecule has 3 N–H and O–H groups in total. The van der Waals surface area contributed by atoms with Gasteiger partial charge < -0.3 is 15.2 Å². The first-order valence-electron chi connectivity index (χ1n) is 5.95. The summed E-state index contributed by atoms with van der Waals surface area (Å²) in [6.45, 7) is 2.02. The van der Waals surface area contributed by atoms with E-state index in [1.54, 1.807) is 19.1 Å². The van der Waals surface area contributed by atoms with Crippen LogP contribution in [0.4, 0.5) is 0 Å². The average molecular weight is 317 g/mol. The second kappa shape index (κ2) is 7.04. The minimum atomic E-state index is -4.54. The van der Waals surface area contributed by atoms with Gasteiger partial charge in [0, 0.05) is 0 Å². The Morgan fingerprint density at radius 1 is 1.33 bits per heavy atom. The Kier molecular flexibility index (Phi) is 5.68. The minimum absolute atomic E-state index is 0.0703. The number of carbonyl (C=O) groups is 2. The summed E-state index contributed by atoms with van der Waals surface area (Å²) in [4.78, 5) is 22.9. The van der Waals surface area contributed by atoms with Crippen LogP contribution in [0, 0.1) is 0 Å². The van der Waals surface area contributed by atoms with Crippen molar-refractivity contribution >= 4 is 22.0 Å². The Labute approximate surface area is 121 Å². The molecule has 0 saturated carbocycles. The summed E-state index contributed by atoms with van der Waals surface area (Å²) in [6, 6.07) is 4.36. The number of benzene rings is 1. The molecule has 0 unspecified atom stereocenters. The van der Waals surface area contributed by atoms with E-state index >= 15 is 0 Å². The molecule has 1 amide bonds. The summed E-state index contributed by atoms with van der Waals surface area (Å²) in [5.41, 5.74) is 0.0703. The number of hydrogen-bond acceptors (Lipinski definition) is 5. The Morgan fingerprint density at radius 3 is 2.48 bits per heavy atom. The van der Waals surface area contributed by atoms with Crippen LogP contribution in [-0.2, 0) is 14.9 Å². The van der Waals surface area contributed by atoms with Gasteiger partial charge in [-0.05, 0) is 19.1 Å². The Balaban J connectivity index is 2.95. The lowest BCUT2D eigenvalue weighted by molar-refractivity contribution is -0.138. The highest BCUT2D eigenvalue weighted by Gasteiger charge is 2.27. The molecule has 21 heavy (non-hydrogen) atoms. The molecule has 1 atom stereocenters. The summed E-state index contributed by atoms with van der Waals surface area (Å²) >= 11 is 0. The second-order valence-corrected chi connectivity index (χ2v) is 5.54. The van der Waals surface area contributed by atoms with Gasteiger partial charge in [-0.25, -0.2) is 4.79 Å². The van der Waals surface area contributed by atoms with Crippen LogP contribution in [0.25, 0.3) is 0 Å². The van der Waals surface area contributed by atoms with Gasteiger partial charge in [0.1, 0.15) is 17.5 Å². The maximum Gasteiger partial charge on any atom is 0.327 e. The largest absolute Gasteiger partial charge is 0.493 e. The van der Waals surface area contributed by atoms with E-state index < -0.39 is 33.8 Å². The van der Waals surface area contributed by atoms with Gasteiger partial charge in [-0.3, -0.25) is 9.35 Å². The number of ether oxygens (including phenoxy) is 1. The highest BCUT2D eigenvalue weighted by Crippen LogP contribution is 2.17. The van der Waals surface area contributed by atoms with E-state index in [4.69, 9.17) is 14.4 Å². The molecule has 0 aliphatic rings. The molecule has 116 valence electrons. The van der Waals surface area contributed by atoms with Gasteiger partial charge in [-0.2, -0.15) is 8.42 Å². The Bertz CT molecular complexity index is 626. The van der Waals surface area contributed by atoms with Gasteiger partial charge in [0.25, 0.3) is 16.0 Å². The van der Waals surface area contributed by atoms with Gasteiger partial charge in [0.15, 0.2) is 0 Å². The van der Waals surface area contributed by atoms with Crippen LogP contribution in [0.15, 0.2) is 24.3 Å². The topological polar surface area (TPSA) is 130 Å². The van der Waals surface area contributed by atoms with E-state index in [0.29, 0.717) is 6.61 Å². The third-order valence-electron chi connectivity index (χ3n) is 2.41. The van der Waals surface area contributed by atoms with Crippen LogP contribution in [0.2, 0.25) is 0 Å². The normalized spacial score (nSPS) is 12.5. The number of hydrogen-bond donors (Lipinski definition) is 3. The molecule has 0 aliphatic heterocycles. The number of carboxylic acid groups (broad SMARTS) is 1. The lowest BCUT2D eigenvalue weighted by Crippen LogP contribution is -2.45. The summed E-state index contributed by atoms with van der Waals surface area (Å²) in [6.07, 6.45) is 0. The predicted octanol–water partition coefficient (Wildman–Crippen LogP) is 0.156. The highest BCUT2D eigenvalue weighted by atomic mass is 32.2. The lowest BCUT2D eigenvalue weighted by Gasteiger charge is -2.14. The van der Waals surface area contributed by atoms with Crippen LogP contribution in [0.5, 0.6) is 5.75 Å². The molecule has 0 bridgehead atoms. The van der Waals surface area contributed by atoms with Crippen molar-refractivity contribution < 1.29 is 32.4 Å². The van der Waals surface area contributed by atoms with Crippen molar-refractivity contribution in [3.63, 3.8) is 0 Å². The first kappa shape index (κ1) is 16.9. The summed E-state index contributed by atoms with van der Waals surface area (Å²) in [7, 11) is -4.54. The number of amides is 1. The van der Waals surface area contributed by atoms with Crippen LogP contribution < -0.4 is 10.1 Å². The molecule has 8 nitrogen and oxygen atoms in total. The number of carbonyl (C=O) groups excluding carboxylic acids is 1. The summed E-state index contributed by atoms with van der Waals surface area (Å²) in [5.74, 6) is -3.26. The molecule has 9 heteroatoms. The van der Waals surface area contributed by atoms with Crippen LogP contribution in [0.1, 0.15) is 17.3 Å². The van der Waals surface area contributed by atoms with E-state index in [-0.39, 0.29) is 11.3 Å². The van der Waals surface area contributed by atoms with Crippen molar-refractivity contribution in [2.75, 3.05) is 12.4 Å². The van der Waals surface area contributed by atoms with E-state index in [1.165, 1.54) is 12.1 Å². The fraction of sp³-hybridized carbons (Fsp3) is 0.333. The number of carboxylic acids is 1. The quantitative estimate of drug-likeness (QED) is 0.610. The monoisotopic (exact) mass is 317 g/mol. The van der Waals surface area contributed by atoms with Crippen LogP contribution in [0.3, 0.4) is 0 Å². The van der Waals surface area contributed by atoms with Crippen LogP contribution >= 0.6 is 0 Å². The zero-order valence-corrected chi connectivity index (χ0v) is 12.0. The standard InChI is InChI=1S/C12H15NO7S/c1-2-20-10-6-4-3-5-8(10)11(14)13-9(12(15)16)7-21(17,18)19/h3-6,9H,2,7H2,1H3,(H,13,14)(H,15,16)(H,17,18,19)/t9-/m0/s1. The summed E-state index contributed by atoms with van der Waals surface area (Å²) in [5, 5.41) is 10.9. The molecule has 1 aromatic rings. The predicted molar refractivity (Wildman–Crippen MR) is 72.9 cm³/mol. The zero-order valence-electron chi connectivity index (χ0n) is 11.1. The SMILES string of the molecule is CCOc1ccccc1C(=O)N[C@@H](CS(=O)(=O)O)C(=O)O. The fourth-order valence-electron chi connectivity index (χ4n) is 1.56. The van der Waals surface area contributed by atoms with Gasteiger partial charge in [-0.15, -0.1) is 0 Å². The third-order valence-corrected chi connectivity index (χ3v) is 3.17. The average Bonchev–Trinajstić information content (AvgIpc) is 2.37. The van der Waals surface area contributed by atoms with Crippen molar-refractivity contribution in [2.24, 2.45) is 0 Å². The van der Waals surface area contributed by atoms with E-state index in [2.05, 4.69) is 0 Å². The van der Waals surface area contributed by atoms with Crippen molar-refractivity contribution in [3.05, 3.63) is 29.8 Å². The van der Waals surface area contributed by atoms with E-state index in [0.717, 1.165) is 0 Å². The number of rotatable bonds is 7. The van der Waals surface area contributed by atoms with E-state index in [9.17, 15) is 18.0 Å². The summed E-state index contributed by atoms with van der Waals surface area (Å²) < 4.78 is 35.4.